The summed E-state index contributed by atoms with van der Waals surface area (Å²) in [5, 5.41) is 2.52. The first-order valence-corrected chi connectivity index (χ1v) is 20.5. The second-order valence-corrected chi connectivity index (χ2v) is 16.2. The molecule has 0 saturated carbocycles. The normalized spacial score (nSPS) is 12.7. The van der Waals surface area contributed by atoms with E-state index in [1.54, 1.807) is 0 Å². The molecule has 0 saturated heterocycles. The first-order chi connectivity index (χ1) is 29.0. The lowest BCUT2D eigenvalue weighted by atomic mass is 9.82. The Bertz CT molecular complexity index is 3080. The van der Waals surface area contributed by atoms with E-state index in [1.807, 2.05) is 0 Å². The molecule has 0 N–H and O–H groups in total. The first-order valence-electron chi connectivity index (χ1n) is 20.5. The van der Waals surface area contributed by atoms with E-state index in [9.17, 15) is 0 Å². The number of rotatable bonds is 7. The summed E-state index contributed by atoms with van der Waals surface area (Å²) in [7, 11) is 0. The molecule has 0 aliphatic heterocycles. The van der Waals surface area contributed by atoms with Crippen molar-refractivity contribution in [3.63, 3.8) is 0 Å². The number of hydrogen-bond donors (Lipinski definition) is 0. The average molecular weight is 755 g/mol. The standard InChI is InChI=1S/C57H42N2/c1-57(2)51-22-12-9-21-50(51)56-52(57)37-47(38-55(56)59-53-23-13-10-19-48(53)49-20-11-14-24-54(49)59)58(45-33-29-43(30-34-45)40-17-7-4-8-18-40)46-35-31-44(32-36-46)42-27-25-41(26-28-42)39-15-5-3-6-16-39/h3-38H,1-2H3. The number of anilines is 3. The van der Waals surface area contributed by atoms with E-state index in [0.717, 1.165) is 17.1 Å². The number of hydrogen-bond acceptors (Lipinski definition) is 1. The monoisotopic (exact) mass is 754 g/mol. The topological polar surface area (TPSA) is 8.17 Å². The van der Waals surface area contributed by atoms with Crippen LogP contribution in [0.25, 0.3) is 72.0 Å². The van der Waals surface area contributed by atoms with Crippen LogP contribution in [0.5, 0.6) is 0 Å². The van der Waals surface area contributed by atoms with Crippen molar-refractivity contribution in [2.45, 2.75) is 19.3 Å². The van der Waals surface area contributed by atoms with Gasteiger partial charge in [-0.1, -0.05) is 184 Å². The van der Waals surface area contributed by atoms with Crippen molar-refractivity contribution in [2.75, 3.05) is 4.90 Å². The number of para-hydroxylation sites is 2. The van der Waals surface area contributed by atoms with E-state index in [1.165, 1.54) is 83.1 Å². The van der Waals surface area contributed by atoms with Gasteiger partial charge in [-0.2, -0.15) is 0 Å². The number of fused-ring (bicyclic) bond motifs is 6. The summed E-state index contributed by atoms with van der Waals surface area (Å²) in [6, 6.07) is 79.8. The van der Waals surface area contributed by atoms with Crippen LogP contribution in [0.1, 0.15) is 25.0 Å². The third-order valence-corrected chi connectivity index (χ3v) is 12.4. The van der Waals surface area contributed by atoms with Crippen molar-refractivity contribution in [2.24, 2.45) is 0 Å². The van der Waals surface area contributed by atoms with Crippen LogP contribution in [0.2, 0.25) is 0 Å². The molecule has 9 aromatic carbocycles. The zero-order valence-electron chi connectivity index (χ0n) is 33.2. The highest BCUT2D eigenvalue weighted by molar-refractivity contribution is 6.10. The Labute approximate surface area is 345 Å². The molecule has 0 unspecified atom stereocenters. The Balaban J connectivity index is 1.12. The zero-order chi connectivity index (χ0) is 39.5. The molecular weight excluding hydrogens is 713 g/mol. The highest BCUT2D eigenvalue weighted by Gasteiger charge is 2.38. The molecule has 2 heteroatoms. The summed E-state index contributed by atoms with van der Waals surface area (Å²) in [4.78, 5) is 2.44. The van der Waals surface area contributed by atoms with Crippen LogP contribution in [0.3, 0.4) is 0 Å². The largest absolute Gasteiger partial charge is 0.310 e. The minimum absolute atomic E-state index is 0.214. The lowest BCUT2D eigenvalue weighted by molar-refractivity contribution is 0.660. The maximum Gasteiger partial charge on any atom is 0.0564 e. The Kier molecular flexibility index (Phi) is 8.20. The Morgan fingerprint density at radius 1 is 0.356 bits per heavy atom. The van der Waals surface area contributed by atoms with Crippen LogP contribution in [0, 0.1) is 0 Å². The van der Waals surface area contributed by atoms with Crippen molar-refractivity contribution in [3.8, 4) is 50.2 Å². The van der Waals surface area contributed by atoms with Gasteiger partial charge < -0.3 is 9.47 Å². The molecule has 1 aliphatic carbocycles. The lowest BCUT2D eigenvalue weighted by Crippen LogP contribution is -2.17. The van der Waals surface area contributed by atoms with Gasteiger partial charge in [-0.3, -0.25) is 0 Å². The Morgan fingerprint density at radius 2 is 0.763 bits per heavy atom. The minimum atomic E-state index is -0.214. The molecule has 0 spiro atoms. The molecule has 1 heterocycles. The molecule has 280 valence electrons. The minimum Gasteiger partial charge on any atom is -0.310 e. The van der Waals surface area contributed by atoms with Crippen molar-refractivity contribution in [1.29, 1.82) is 0 Å². The summed E-state index contributed by atoms with van der Waals surface area (Å²) in [6.07, 6.45) is 0. The van der Waals surface area contributed by atoms with E-state index < -0.39 is 0 Å². The van der Waals surface area contributed by atoms with Gasteiger partial charge in [-0.15, -0.1) is 0 Å². The molecule has 0 radical (unpaired) electrons. The van der Waals surface area contributed by atoms with Crippen LogP contribution < -0.4 is 4.90 Å². The Hall–Kier alpha value is -7.42. The summed E-state index contributed by atoms with van der Waals surface area (Å²) in [6.45, 7) is 4.77. The number of nitrogens with zero attached hydrogens (tertiary/aromatic N) is 2. The average Bonchev–Trinajstić information content (AvgIpc) is 3.76. The van der Waals surface area contributed by atoms with Crippen molar-refractivity contribution >= 4 is 38.9 Å². The molecule has 11 rings (SSSR count). The van der Waals surface area contributed by atoms with Gasteiger partial charge in [0.05, 0.1) is 16.7 Å². The van der Waals surface area contributed by atoms with Crippen LogP contribution in [-0.2, 0) is 5.41 Å². The smallest absolute Gasteiger partial charge is 0.0564 e. The van der Waals surface area contributed by atoms with E-state index in [0.29, 0.717) is 0 Å². The van der Waals surface area contributed by atoms with Crippen molar-refractivity contribution in [3.05, 3.63) is 230 Å². The third-order valence-electron chi connectivity index (χ3n) is 12.4. The molecule has 0 amide bonds. The molecule has 59 heavy (non-hydrogen) atoms. The quantitative estimate of drug-likeness (QED) is 0.157. The summed E-state index contributed by atoms with van der Waals surface area (Å²) < 4.78 is 2.50. The highest BCUT2D eigenvalue weighted by Crippen LogP contribution is 2.54. The highest BCUT2D eigenvalue weighted by atomic mass is 15.1. The van der Waals surface area contributed by atoms with Crippen molar-refractivity contribution < 1.29 is 0 Å². The van der Waals surface area contributed by atoms with Crippen molar-refractivity contribution in [1.82, 2.24) is 4.57 Å². The molecule has 1 aliphatic rings. The predicted molar refractivity (Wildman–Crippen MR) is 249 cm³/mol. The molecular formula is C57H42N2. The second kappa shape index (κ2) is 13.9. The maximum absolute atomic E-state index is 2.50. The van der Waals surface area contributed by atoms with Gasteiger partial charge in [-0.25, -0.2) is 0 Å². The van der Waals surface area contributed by atoms with Gasteiger partial charge in [0.15, 0.2) is 0 Å². The number of benzene rings is 9. The van der Waals surface area contributed by atoms with Gasteiger partial charge in [0, 0.05) is 38.8 Å². The molecule has 2 nitrogen and oxygen atoms in total. The fraction of sp³-hybridized carbons (Fsp3) is 0.0526. The molecule has 0 bridgehead atoms. The maximum atomic E-state index is 2.50. The van der Waals surface area contributed by atoms with Crippen LogP contribution in [-0.4, -0.2) is 4.57 Å². The molecule has 0 fully saturated rings. The van der Waals surface area contributed by atoms with Gasteiger partial charge in [-0.05, 0) is 98.6 Å². The summed E-state index contributed by atoms with van der Waals surface area (Å²) in [5.41, 5.74) is 19.2. The van der Waals surface area contributed by atoms with E-state index >= 15 is 0 Å². The van der Waals surface area contributed by atoms with E-state index in [4.69, 9.17) is 0 Å². The molecule has 1 aromatic heterocycles. The first kappa shape index (κ1) is 34.8. The van der Waals surface area contributed by atoms with Gasteiger partial charge in [0.25, 0.3) is 0 Å². The van der Waals surface area contributed by atoms with Gasteiger partial charge >= 0.3 is 0 Å². The molecule has 0 atom stereocenters. The van der Waals surface area contributed by atoms with Gasteiger partial charge in [0.1, 0.15) is 0 Å². The fourth-order valence-corrected chi connectivity index (χ4v) is 9.44. The van der Waals surface area contributed by atoms with Crippen LogP contribution in [0.4, 0.5) is 17.1 Å². The van der Waals surface area contributed by atoms with Crippen LogP contribution >= 0.6 is 0 Å². The third kappa shape index (κ3) is 5.79. The predicted octanol–water partition coefficient (Wildman–Crippen LogP) is 15.6. The molecule has 10 aromatic rings. The second-order valence-electron chi connectivity index (χ2n) is 16.2. The number of aromatic nitrogens is 1. The summed E-state index contributed by atoms with van der Waals surface area (Å²) >= 11 is 0. The summed E-state index contributed by atoms with van der Waals surface area (Å²) in [5.74, 6) is 0. The lowest BCUT2D eigenvalue weighted by Gasteiger charge is -2.30. The van der Waals surface area contributed by atoms with E-state index in [2.05, 4.69) is 242 Å². The Morgan fingerprint density at radius 3 is 1.27 bits per heavy atom. The van der Waals surface area contributed by atoms with E-state index in [-0.39, 0.29) is 5.41 Å². The van der Waals surface area contributed by atoms with Crippen LogP contribution in [0.15, 0.2) is 218 Å². The SMILES string of the molecule is CC1(C)c2ccccc2-c2c(-n3c4ccccc4c4ccccc43)cc(N(c3ccc(-c4ccccc4)cc3)c3ccc(-c4ccc(-c5ccccc5)cc4)cc3)cc21. The van der Waals surface area contributed by atoms with Gasteiger partial charge in [0.2, 0.25) is 0 Å². The fourth-order valence-electron chi connectivity index (χ4n) is 9.44. The zero-order valence-corrected chi connectivity index (χ0v) is 33.2.